The highest BCUT2D eigenvalue weighted by molar-refractivity contribution is 6.07. The third kappa shape index (κ3) is 6.72. The fourth-order valence-electron chi connectivity index (χ4n) is 3.47. The van der Waals surface area contributed by atoms with Gasteiger partial charge in [-0.2, -0.15) is 0 Å². The summed E-state index contributed by atoms with van der Waals surface area (Å²) in [6.45, 7) is 3.95. The Morgan fingerprint density at radius 1 is 0.889 bits per heavy atom. The Kier molecular flexibility index (Phi) is 8.84. The van der Waals surface area contributed by atoms with Crippen LogP contribution in [0.25, 0.3) is 10.9 Å². The summed E-state index contributed by atoms with van der Waals surface area (Å²) in [5, 5.41) is 36.5. The summed E-state index contributed by atoms with van der Waals surface area (Å²) >= 11 is 0. The van der Waals surface area contributed by atoms with Gasteiger partial charge >= 0.3 is 11.9 Å². The smallest absolute Gasteiger partial charge is 0.335 e. The average molecular weight is 498 g/mol. The molecule has 0 radical (unpaired) electrons. The number of aromatic nitrogens is 2. The van der Waals surface area contributed by atoms with Crippen LogP contribution in [0.3, 0.4) is 0 Å². The molecule has 4 rings (SSSR count). The lowest BCUT2D eigenvalue weighted by molar-refractivity contribution is -0.165. The van der Waals surface area contributed by atoms with Crippen LogP contribution in [0.5, 0.6) is 0 Å². The van der Waals surface area contributed by atoms with Gasteiger partial charge in [0.15, 0.2) is 12.2 Å². The van der Waals surface area contributed by atoms with Crippen LogP contribution < -0.4 is 10.2 Å². The van der Waals surface area contributed by atoms with Crippen LogP contribution in [-0.2, 0) is 9.59 Å². The standard InChI is InChI=1S/C20H21N5O.C4H6O6/c1-24-10-12-25(13-11-24)16-7-9-21-18(14-16)20(26)23-17-6-2-4-15-5-3-8-22-19(15)17;5-1(3(7)8)2(6)4(9)10/h2-9,14H,10-13H2,1H3,(H,23,26);1-2,5-6H,(H,7,8)(H,9,10). The average Bonchev–Trinajstić information content (AvgIpc) is 2.88. The maximum Gasteiger partial charge on any atom is 0.335 e. The number of carboxylic acid groups (broad SMARTS) is 2. The number of carboxylic acids is 2. The summed E-state index contributed by atoms with van der Waals surface area (Å²) in [5.74, 6) is -3.76. The lowest BCUT2D eigenvalue weighted by Gasteiger charge is -2.34. The molecule has 0 bridgehead atoms. The van der Waals surface area contributed by atoms with Gasteiger partial charge in [0.1, 0.15) is 5.69 Å². The molecule has 1 aliphatic heterocycles. The number of hydrogen-bond donors (Lipinski definition) is 5. The van der Waals surface area contributed by atoms with Crippen LogP contribution in [0, 0.1) is 0 Å². The zero-order chi connectivity index (χ0) is 26.2. The lowest BCUT2D eigenvalue weighted by atomic mass is 10.2. The molecule has 1 aliphatic rings. The number of aliphatic hydroxyl groups is 2. The Hall–Kier alpha value is -4.13. The van der Waals surface area contributed by atoms with Crippen molar-refractivity contribution >= 4 is 40.1 Å². The molecule has 2 aromatic heterocycles. The zero-order valence-corrected chi connectivity index (χ0v) is 19.5. The normalized spacial score (nSPS) is 15.4. The molecule has 0 saturated carbocycles. The summed E-state index contributed by atoms with van der Waals surface area (Å²) in [4.78, 5) is 45.5. The van der Waals surface area contributed by atoms with Crippen LogP contribution in [0.15, 0.2) is 54.9 Å². The highest BCUT2D eigenvalue weighted by Crippen LogP contribution is 2.22. The third-order valence-electron chi connectivity index (χ3n) is 5.53. The van der Waals surface area contributed by atoms with Crippen molar-refractivity contribution in [2.24, 2.45) is 0 Å². The number of piperazine rings is 1. The second kappa shape index (κ2) is 12.0. The van der Waals surface area contributed by atoms with Gasteiger partial charge in [-0.25, -0.2) is 9.59 Å². The van der Waals surface area contributed by atoms with Gasteiger partial charge in [-0.1, -0.05) is 18.2 Å². The number of benzene rings is 1. The second-order valence-electron chi connectivity index (χ2n) is 8.09. The first-order valence-corrected chi connectivity index (χ1v) is 11.0. The third-order valence-corrected chi connectivity index (χ3v) is 5.53. The van der Waals surface area contributed by atoms with Crippen molar-refractivity contribution in [2.75, 3.05) is 43.4 Å². The van der Waals surface area contributed by atoms with Crippen molar-refractivity contribution in [3.05, 3.63) is 60.6 Å². The largest absolute Gasteiger partial charge is 0.479 e. The number of rotatable bonds is 6. The molecule has 1 fully saturated rings. The maximum atomic E-state index is 12.7. The number of aliphatic carboxylic acids is 2. The molecule has 3 heterocycles. The number of fused-ring (bicyclic) bond motifs is 1. The topological polar surface area (TPSA) is 176 Å². The van der Waals surface area contributed by atoms with Gasteiger partial charge in [-0.15, -0.1) is 0 Å². The van der Waals surface area contributed by atoms with Gasteiger partial charge in [0.05, 0.1) is 11.2 Å². The summed E-state index contributed by atoms with van der Waals surface area (Å²) in [6, 6.07) is 13.4. The molecule has 3 aromatic rings. The molecular weight excluding hydrogens is 470 g/mol. The Balaban J connectivity index is 0.000000308. The number of amides is 1. The fourth-order valence-corrected chi connectivity index (χ4v) is 3.47. The Morgan fingerprint density at radius 3 is 2.17 bits per heavy atom. The van der Waals surface area contributed by atoms with Gasteiger partial charge < -0.3 is 35.5 Å². The lowest BCUT2D eigenvalue weighted by Crippen LogP contribution is -2.44. The highest BCUT2D eigenvalue weighted by atomic mass is 16.4. The number of aliphatic hydroxyl groups excluding tert-OH is 2. The van der Waals surface area contributed by atoms with E-state index in [9.17, 15) is 14.4 Å². The van der Waals surface area contributed by atoms with Crippen molar-refractivity contribution in [1.29, 1.82) is 0 Å². The number of hydrogen-bond acceptors (Lipinski definition) is 9. The van der Waals surface area contributed by atoms with Crippen molar-refractivity contribution < 1.29 is 34.8 Å². The predicted octanol–water partition coefficient (Wildman–Crippen LogP) is 0.511. The van der Waals surface area contributed by atoms with E-state index in [4.69, 9.17) is 20.4 Å². The molecule has 2 atom stereocenters. The SMILES string of the molecule is CN1CCN(c2ccnc(C(=O)Nc3cccc4cccnc34)c2)CC1.O=C(O)C(O)C(O)C(=O)O. The Labute approximate surface area is 206 Å². The summed E-state index contributed by atoms with van der Waals surface area (Å²) in [5.41, 5.74) is 2.92. The van der Waals surface area contributed by atoms with Gasteiger partial charge in [0.2, 0.25) is 0 Å². The number of likely N-dealkylation sites (N-methyl/N-ethyl adjacent to an activating group) is 1. The van der Waals surface area contributed by atoms with E-state index >= 15 is 0 Å². The number of carbonyl (C=O) groups is 3. The first kappa shape index (κ1) is 26.5. The van der Waals surface area contributed by atoms with Crippen molar-refractivity contribution in [1.82, 2.24) is 14.9 Å². The molecule has 2 unspecified atom stereocenters. The molecule has 1 amide bonds. The molecule has 190 valence electrons. The van der Waals surface area contributed by atoms with E-state index < -0.39 is 24.1 Å². The first-order valence-electron chi connectivity index (χ1n) is 11.0. The number of carbonyl (C=O) groups excluding carboxylic acids is 1. The van der Waals surface area contributed by atoms with Crippen molar-refractivity contribution in [3.63, 3.8) is 0 Å². The molecule has 36 heavy (non-hydrogen) atoms. The molecule has 0 aliphatic carbocycles. The monoisotopic (exact) mass is 497 g/mol. The predicted molar refractivity (Wildman–Crippen MR) is 131 cm³/mol. The minimum Gasteiger partial charge on any atom is -0.479 e. The molecule has 0 spiro atoms. The summed E-state index contributed by atoms with van der Waals surface area (Å²) < 4.78 is 0. The van der Waals surface area contributed by atoms with Gasteiger partial charge in [-0.05, 0) is 31.3 Å². The second-order valence-corrected chi connectivity index (χ2v) is 8.09. The van der Waals surface area contributed by atoms with Crippen molar-refractivity contribution in [3.8, 4) is 0 Å². The molecule has 5 N–H and O–H groups in total. The summed E-state index contributed by atoms with van der Waals surface area (Å²) in [7, 11) is 2.13. The molecular formula is C24H27N5O7. The van der Waals surface area contributed by atoms with E-state index in [1.165, 1.54) is 0 Å². The van der Waals surface area contributed by atoms with Crippen LogP contribution >= 0.6 is 0 Å². The fraction of sp³-hybridized carbons (Fsp3) is 0.292. The summed E-state index contributed by atoms with van der Waals surface area (Å²) in [6.07, 6.45) is -1.11. The van der Waals surface area contributed by atoms with E-state index in [-0.39, 0.29) is 5.91 Å². The van der Waals surface area contributed by atoms with Crippen LogP contribution in [0.4, 0.5) is 11.4 Å². The van der Waals surface area contributed by atoms with E-state index in [0.29, 0.717) is 11.4 Å². The number of nitrogens with zero attached hydrogens (tertiary/aromatic N) is 4. The number of pyridine rings is 2. The molecule has 12 heteroatoms. The minimum absolute atomic E-state index is 0.223. The van der Waals surface area contributed by atoms with Crippen LogP contribution in [-0.4, -0.2) is 98.6 Å². The van der Waals surface area contributed by atoms with Gasteiger partial charge in [-0.3, -0.25) is 14.8 Å². The molecule has 1 aromatic carbocycles. The maximum absolute atomic E-state index is 12.7. The Bertz CT molecular complexity index is 1210. The first-order chi connectivity index (χ1) is 17.2. The van der Waals surface area contributed by atoms with Crippen molar-refractivity contribution in [2.45, 2.75) is 12.2 Å². The van der Waals surface area contributed by atoms with Gasteiger partial charge in [0.25, 0.3) is 5.91 Å². The molecule has 12 nitrogen and oxygen atoms in total. The quantitative estimate of drug-likeness (QED) is 0.321. The van der Waals surface area contributed by atoms with Crippen LogP contribution in [0.2, 0.25) is 0 Å². The van der Waals surface area contributed by atoms with E-state index in [2.05, 4.69) is 32.1 Å². The number of nitrogens with one attached hydrogen (secondary N) is 1. The zero-order valence-electron chi connectivity index (χ0n) is 19.5. The number of para-hydroxylation sites is 1. The highest BCUT2D eigenvalue weighted by Gasteiger charge is 2.29. The van der Waals surface area contributed by atoms with E-state index in [0.717, 1.165) is 42.8 Å². The molecule has 1 saturated heterocycles. The Morgan fingerprint density at radius 2 is 1.53 bits per heavy atom. The van der Waals surface area contributed by atoms with E-state index in [1.807, 2.05) is 42.5 Å². The number of anilines is 2. The van der Waals surface area contributed by atoms with E-state index in [1.54, 1.807) is 12.4 Å². The minimum atomic E-state index is -2.27. The van der Waals surface area contributed by atoms with Gasteiger partial charge in [0, 0.05) is 49.6 Å². The van der Waals surface area contributed by atoms with Crippen LogP contribution in [0.1, 0.15) is 10.5 Å².